The van der Waals surface area contributed by atoms with Crippen LogP contribution in [0, 0.1) is 0 Å². The monoisotopic (exact) mass is 453 g/mol. The number of aromatic nitrogens is 1. The van der Waals surface area contributed by atoms with Crippen molar-refractivity contribution in [2.24, 2.45) is 0 Å². The summed E-state index contributed by atoms with van der Waals surface area (Å²) in [5, 5.41) is 7.61. The van der Waals surface area contributed by atoms with Gasteiger partial charge in [-0.2, -0.15) is 0 Å². The summed E-state index contributed by atoms with van der Waals surface area (Å²) in [5.41, 5.74) is 6.38. The maximum Gasteiger partial charge on any atom is 0.259 e. The average molecular weight is 454 g/mol. The number of aryl methyl sites for hydroxylation is 1. The lowest BCUT2D eigenvalue weighted by Gasteiger charge is -2.23. The molecule has 0 aliphatic heterocycles. The normalized spacial score (nSPS) is 12.6. The Labute approximate surface area is 198 Å². The molecule has 0 fully saturated rings. The van der Waals surface area contributed by atoms with Crippen LogP contribution in [0.1, 0.15) is 34.5 Å². The molecule has 2 N–H and O–H groups in total. The van der Waals surface area contributed by atoms with E-state index in [1.165, 1.54) is 5.56 Å². The highest BCUT2D eigenvalue weighted by atomic mass is 16.5. The zero-order valence-electron chi connectivity index (χ0n) is 19.4. The van der Waals surface area contributed by atoms with Gasteiger partial charge < -0.3 is 20.1 Å². The number of hydrogen-bond donors (Lipinski definition) is 2. The number of benzene rings is 3. The maximum absolute atomic E-state index is 13.0. The number of carbonyl (C=O) groups excluding carboxylic acids is 1. The van der Waals surface area contributed by atoms with Crippen LogP contribution in [0.3, 0.4) is 0 Å². The SMILES string of the molecule is COc1ccccc1Nc1c2c(nc3ccc(NC(=O)c4ccccc4OC)cc13)CCCC2. The molecule has 0 radical (unpaired) electrons. The van der Waals surface area contributed by atoms with Crippen LogP contribution in [0.5, 0.6) is 11.5 Å². The lowest BCUT2D eigenvalue weighted by molar-refractivity contribution is 0.102. The lowest BCUT2D eigenvalue weighted by Crippen LogP contribution is -2.13. The topological polar surface area (TPSA) is 72.5 Å². The van der Waals surface area contributed by atoms with Crippen molar-refractivity contribution in [1.82, 2.24) is 4.98 Å². The number of para-hydroxylation sites is 3. The van der Waals surface area contributed by atoms with E-state index >= 15 is 0 Å². The van der Waals surface area contributed by atoms with Gasteiger partial charge in [-0.1, -0.05) is 24.3 Å². The van der Waals surface area contributed by atoms with E-state index in [1.54, 1.807) is 26.4 Å². The number of ether oxygens (including phenoxy) is 2. The molecule has 6 nitrogen and oxygen atoms in total. The number of anilines is 3. The molecule has 5 rings (SSSR count). The Balaban J connectivity index is 1.58. The molecule has 1 aliphatic rings. The smallest absolute Gasteiger partial charge is 0.259 e. The summed E-state index contributed by atoms with van der Waals surface area (Å²) < 4.78 is 10.9. The van der Waals surface area contributed by atoms with Gasteiger partial charge in [0.15, 0.2) is 0 Å². The van der Waals surface area contributed by atoms with E-state index < -0.39 is 0 Å². The van der Waals surface area contributed by atoms with Crippen molar-refractivity contribution in [3.05, 3.63) is 83.6 Å². The molecule has 172 valence electrons. The quantitative estimate of drug-likeness (QED) is 0.368. The maximum atomic E-state index is 13.0. The number of fused-ring (bicyclic) bond motifs is 2. The van der Waals surface area contributed by atoms with Gasteiger partial charge >= 0.3 is 0 Å². The summed E-state index contributed by atoms with van der Waals surface area (Å²) in [7, 11) is 3.24. The van der Waals surface area contributed by atoms with Crippen molar-refractivity contribution in [3.8, 4) is 11.5 Å². The second-order valence-electron chi connectivity index (χ2n) is 8.33. The Morgan fingerprint density at radius 1 is 0.882 bits per heavy atom. The third-order valence-corrected chi connectivity index (χ3v) is 6.24. The molecule has 34 heavy (non-hydrogen) atoms. The molecule has 0 bridgehead atoms. The number of methoxy groups -OCH3 is 2. The highest BCUT2D eigenvalue weighted by molar-refractivity contribution is 6.07. The van der Waals surface area contributed by atoms with Crippen LogP contribution in [0.15, 0.2) is 66.7 Å². The first-order valence-corrected chi connectivity index (χ1v) is 11.5. The molecule has 0 atom stereocenters. The summed E-state index contributed by atoms with van der Waals surface area (Å²) in [4.78, 5) is 17.9. The van der Waals surface area contributed by atoms with Crippen LogP contribution in [0.25, 0.3) is 10.9 Å². The van der Waals surface area contributed by atoms with Crippen molar-refractivity contribution < 1.29 is 14.3 Å². The van der Waals surface area contributed by atoms with Gasteiger partial charge in [0.1, 0.15) is 11.5 Å². The van der Waals surface area contributed by atoms with E-state index in [-0.39, 0.29) is 5.91 Å². The van der Waals surface area contributed by atoms with Gasteiger partial charge in [-0.05, 0) is 73.7 Å². The van der Waals surface area contributed by atoms with Crippen molar-refractivity contribution in [2.75, 3.05) is 24.9 Å². The molecule has 6 heteroatoms. The van der Waals surface area contributed by atoms with Crippen molar-refractivity contribution in [1.29, 1.82) is 0 Å². The number of nitrogens with one attached hydrogen (secondary N) is 2. The lowest BCUT2D eigenvalue weighted by atomic mass is 9.92. The summed E-state index contributed by atoms with van der Waals surface area (Å²) in [6.07, 6.45) is 4.21. The van der Waals surface area contributed by atoms with Gasteiger partial charge in [0.05, 0.1) is 36.7 Å². The largest absolute Gasteiger partial charge is 0.496 e. The minimum absolute atomic E-state index is 0.220. The van der Waals surface area contributed by atoms with Crippen LogP contribution < -0.4 is 20.1 Å². The molecular weight excluding hydrogens is 426 g/mol. The first kappa shape index (κ1) is 21.8. The molecule has 1 heterocycles. The van der Waals surface area contributed by atoms with Crippen LogP contribution >= 0.6 is 0 Å². The Kier molecular flexibility index (Phi) is 6.04. The molecule has 0 unspecified atom stereocenters. The first-order chi connectivity index (χ1) is 16.7. The van der Waals surface area contributed by atoms with Gasteiger partial charge in [-0.25, -0.2) is 0 Å². The zero-order valence-corrected chi connectivity index (χ0v) is 19.4. The molecule has 3 aromatic carbocycles. The Bertz CT molecular complexity index is 1370. The fourth-order valence-electron chi connectivity index (χ4n) is 4.56. The van der Waals surface area contributed by atoms with Gasteiger partial charge in [0, 0.05) is 16.8 Å². The van der Waals surface area contributed by atoms with Crippen molar-refractivity contribution in [3.63, 3.8) is 0 Å². The summed E-state index contributed by atoms with van der Waals surface area (Å²) in [6.45, 7) is 0. The fraction of sp³-hybridized carbons (Fsp3) is 0.214. The van der Waals surface area contributed by atoms with E-state index in [0.29, 0.717) is 17.0 Å². The first-order valence-electron chi connectivity index (χ1n) is 11.5. The minimum atomic E-state index is -0.220. The van der Waals surface area contributed by atoms with Gasteiger partial charge in [-0.3, -0.25) is 9.78 Å². The number of nitrogens with zero attached hydrogens (tertiary/aromatic N) is 1. The molecule has 1 aliphatic carbocycles. The van der Waals surface area contributed by atoms with E-state index in [2.05, 4.69) is 10.6 Å². The molecule has 1 amide bonds. The number of pyridine rings is 1. The number of amides is 1. The molecule has 0 spiro atoms. The van der Waals surface area contributed by atoms with Crippen molar-refractivity contribution >= 4 is 33.9 Å². The Morgan fingerprint density at radius 3 is 2.44 bits per heavy atom. The van der Waals surface area contributed by atoms with E-state index in [4.69, 9.17) is 14.5 Å². The van der Waals surface area contributed by atoms with Crippen LogP contribution in [-0.2, 0) is 12.8 Å². The molecule has 0 saturated carbocycles. The highest BCUT2D eigenvalue weighted by Crippen LogP contribution is 2.38. The molecule has 1 aromatic heterocycles. The minimum Gasteiger partial charge on any atom is -0.496 e. The van der Waals surface area contributed by atoms with Crippen LogP contribution in [0.4, 0.5) is 17.1 Å². The van der Waals surface area contributed by atoms with E-state index in [9.17, 15) is 4.79 Å². The van der Waals surface area contributed by atoms with Gasteiger partial charge in [0.25, 0.3) is 5.91 Å². The van der Waals surface area contributed by atoms with E-state index in [0.717, 1.165) is 59.4 Å². The summed E-state index contributed by atoms with van der Waals surface area (Å²) in [5.74, 6) is 1.09. The third kappa shape index (κ3) is 4.15. The highest BCUT2D eigenvalue weighted by Gasteiger charge is 2.20. The number of carbonyl (C=O) groups is 1. The summed E-state index contributed by atoms with van der Waals surface area (Å²) in [6, 6.07) is 20.9. The zero-order chi connectivity index (χ0) is 23.5. The second kappa shape index (κ2) is 9.43. The Hall–Kier alpha value is -4.06. The summed E-state index contributed by atoms with van der Waals surface area (Å²) >= 11 is 0. The molecule has 4 aromatic rings. The Morgan fingerprint density at radius 2 is 1.62 bits per heavy atom. The van der Waals surface area contributed by atoms with Gasteiger partial charge in [-0.15, -0.1) is 0 Å². The van der Waals surface area contributed by atoms with Gasteiger partial charge in [0.2, 0.25) is 0 Å². The van der Waals surface area contributed by atoms with Crippen LogP contribution in [0.2, 0.25) is 0 Å². The standard InChI is InChI=1S/C28H27N3O3/c1-33-25-13-7-4-10-20(25)28(32)29-18-15-16-23-21(17-18)27(19-9-3-5-11-22(19)30-23)31-24-12-6-8-14-26(24)34-2/h4,6-8,10,12-17H,3,5,9,11H2,1-2H3,(H,29,32)(H,30,31). The predicted octanol–water partition coefficient (Wildman–Crippen LogP) is 6.13. The van der Waals surface area contributed by atoms with Crippen molar-refractivity contribution in [2.45, 2.75) is 25.7 Å². The van der Waals surface area contributed by atoms with Crippen LogP contribution in [-0.4, -0.2) is 25.1 Å². The number of hydrogen-bond acceptors (Lipinski definition) is 5. The average Bonchev–Trinajstić information content (AvgIpc) is 2.89. The molecular formula is C28H27N3O3. The molecule has 0 saturated heterocycles. The number of rotatable bonds is 6. The second-order valence-corrected chi connectivity index (χ2v) is 8.33. The third-order valence-electron chi connectivity index (χ3n) is 6.24. The van der Waals surface area contributed by atoms with E-state index in [1.807, 2.05) is 54.6 Å². The predicted molar refractivity (Wildman–Crippen MR) is 136 cm³/mol. The fourth-order valence-corrected chi connectivity index (χ4v) is 4.56.